The van der Waals surface area contributed by atoms with E-state index in [0.717, 1.165) is 22.9 Å². The molecule has 0 spiro atoms. The summed E-state index contributed by atoms with van der Waals surface area (Å²) in [5, 5.41) is 7.93. The van der Waals surface area contributed by atoms with Gasteiger partial charge in [0.1, 0.15) is 0 Å². The molecule has 0 heterocycles. The van der Waals surface area contributed by atoms with Gasteiger partial charge in [0, 0.05) is 11.9 Å². The molecule has 0 aromatic heterocycles. The Morgan fingerprint density at radius 1 is 1.20 bits per heavy atom. The van der Waals surface area contributed by atoms with Crippen molar-refractivity contribution in [2.45, 2.75) is 13.3 Å². The largest absolute Gasteiger partial charge is 0.338 e. The Bertz CT molecular complexity index is 577. The van der Waals surface area contributed by atoms with Crippen molar-refractivity contribution in [3.63, 3.8) is 0 Å². The number of carbonyl (C=O) groups is 1. The molecule has 4 N–H and O–H groups in total. The highest BCUT2D eigenvalue weighted by molar-refractivity contribution is 6.01. The average Bonchev–Trinajstić information content (AvgIpc) is 2.46. The van der Waals surface area contributed by atoms with Crippen LogP contribution in [0.2, 0.25) is 0 Å². The number of anilines is 1. The normalized spacial score (nSPS) is 12.1. The molecule has 1 atom stereocenters. The average molecular weight is 271 g/mol. The fourth-order valence-corrected chi connectivity index (χ4v) is 2.15. The van der Waals surface area contributed by atoms with Crippen molar-refractivity contribution in [2.24, 2.45) is 11.7 Å². The van der Waals surface area contributed by atoms with E-state index in [1.165, 1.54) is 0 Å². The van der Waals surface area contributed by atoms with Crippen LogP contribution >= 0.6 is 0 Å². The van der Waals surface area contributed by atoms with Crippen molar-refractivity contribution >= 4 is 22.5 Å². The summed E-state index contributed by atoms with van der Waals surface area (Å²) < 4.78 is 0. The van der Waals surface area contributed by atoms with Crippen LogP contribution in [0.5, 0.6) is 0 Å². The Kier molecular flexibility index (Phi) is 4.96. The summed E-state index contributed by atoms with van der Waals surface area (Å²) in [7, 11) is 0. The van der Waals surface area contributed by atoms with E-state index in [2.05, 4.69) is 17.6 Å². The highest BCUT2D eigenvalue weighted by atomic mass is 16.2. The highest BCUT2D eigenvalue weighted by Crippen LogP contribution is 2.22. The second-order valence-electron chi connectivity index (χ2n) is 5.04. The van der Waals surface area contributed by atoms with Crippen LogP contribution in [0.25, 0.3) is 10.8 Å². The number of benzene rings is 2. The van der Waals surface area contributed by atoms with Gasteiger partial charge in [0.05, 0.1) is 5.69 Å². The van der Waals surface area contributed by atoms with E-state index in [0.29, 0.717) is 19.0 Å². The molecule has 0 saturated heterocycles. The molecule has 4 nitrogen and oxygen atoms in total. The molecule has 2 aromatic carbocycles. The van der Waals surface area contributed by atoms with Crippen LogP contribution in [0.3, 0.4) is 0 Å². The Labute approximate surface area is 119 Å². The summed E-state index contributed by atoms with van der Waals surface area (Å²) in [6.07, 6.45) is 0.911. The summed E-state index contributed by atoms with van der Waals surface area (Å²) >= 11 is 0. The number of hydrogen-bond acceptors (Lipinski definition) is 2. The number of hydrogen-bond donors (Lipinski definition) is 3. The lowest BCUT2D eigenvalue weighted by molar-refractivity contribution is 0.250. The molecule has 0 aliphatic carbocycles. The Balaban J connectivity index is 1.99. The van der Waals surface area contributed by atoms with E-state index in [4.69, 9.17) is 5.73 Å². The summed E-state index contributed by atoms with van der Waals surface area (Å²) in [4.78, 5) is 11.9. The van der Waals surface area contributed by atoms with E-state index in [1.54, 1.807) is 0 Å². The van der Waals surface area contributed by atoms with Crippen LogP contribution in [0.1, 0.15) is 13.3 Å². The molecule has 20 heavy (non-hydrogen) atoms. The first-order valence-electron chi connectivity index (χ1n) is 6.93. The molecule has 4 heteroatoms. The highest BCUT2D eigenvalue weighted by Gasteiger charge is 2.07. The Hall–Kier alpha value is -2.07. The third kappa shape index (κ3) is 3.71. The van der Waals surface area contributed by atoms with Crippen molar-refractivity contribution < 1.29 is 4.79 Å². The molecule has 2 amide bonds. The third-order valence-electron chi connectivity index (χ3n) is 3.31. The molecule has 0 aliphatic heterocycles. The van der Waals surface area contributed by atoms with Crippen molar-refractivity contribution in [1.82, 2.24) is 5.32 Å². The van der Waals surface area contributed by atoms with Crippen LogP contribution in [-0.2, 0) is 0 Å². The minimum atomic E-state index is -0.176. The fraction of sp³-hybridized carbons (Fsp3) is 0.312. The van der Waals surface area contributed by atoms with Crippen molar-refractivity contribution in [3.8, 4) is 0 Å². The fourth-order valence-electron chi connectivity index (χ4n) is 2.15. The zero-order valence-corrected chi connectivity index (χ0v) is 11.7. The number of nitrogens with two attached hydrogens (primary N) is 1. The third-order valence-corrected chi connectivity index (χ3v) is 3.31. The topological polar surface area (TPSA) is 67.1 Å². The molecule has 0 radical (unpaired) electrons. The molecular weight excluding hydrogens is 250 g/mol. The minimum absolute atomic E-state index is 0.176. The van der Waals surface area contributed by atoms with E-state index in [-0.39, 0.29) is 6.03 Å². The maximum atomic E-state index is 11.9. The van der Waals surface area contributed by atoms with E-state index in [9.17, 15) is 4.79 Å². The summed E-state index contributed by atoms with van der Waals surface area (Å²) in [5.41, 5.74) is 6.32. The number of rotatable bonds is 5. The molecule has 0 aliphatic rings. The predicted octanol–water partition coefficient (Wildman–Crippen LogP) is 2.95. The van der Waals surface area contributed by atoms with Gasteiger partial charge in [-0.25, -0.2) is 4.79 Å². The first-order valence-corrected chi connectivity index (χ1v) is 6.93. The maximum absolute atomic E-state index is 11.9. The predicted molar refractivity (Wildman–Crippen MR) is 83.8 cm³/mol. The first kappa shape index (κ1) is 14.3. The second kappa shape index (κ2) is 6.91. The first-order chi connectivity index (χ1) is 9.70. The zero-order valence-electron chi connectivity index (χ0n) is 11.7. The summed E-state index contributed by atoms with van der Waals surface area (Å²) in [6, 6.07) is 13.7. The number of nitrogens with one attached hydrogen (secondary N) is 2. The van der Waals surface area contributed by atoms with E-state index < -0.39 is 0 Å². The van der Waals surface area contributed by atoms with Crippen LogP contribution in [0, 0.1) is 5.92 Å². The molecule has 0 saturated carbocycles. The lowest BCUT2D eigenvalue weighted by atomic mass is 10.1. The maximum Gasteiger partial charge on any atom is 0.319 e. The van der Waals surface area contributed by atoms with Crippen LogP contribution in [0.15, 0.2) is 42.5 Å². The van der Waals surface area contributed by atoms with Gasteiger partial charge < -0.3 is 16.4 Å². The van der Waals surface area contributed by atoms with Gasteiger partial charge in [0.15, 0.2) is 0 Å². The van der Waals surface area contributed by atoms with Crippen molar-refractivity contribution in [3.05, 3.63) is 42.5 Å². The van der Waals surface area contributed by atoms with Gasteiger partial charge in [-0.3, -0.25) is 0 Å². The quantitative estimate of drug-likeness (QED) is 0.782. The van der Waals surface area contributed by atoms with Gasteiger partial charge in [-0.05, 0) is 30.3 Å². The summed E-state index contributed by atoms with van der Waals surface area (Å²) in [5.74, 6) is 0.387. The van der Waals surface area contributed by atoms with Gasteiger partial charge >= 0.3 is 6.03 Å². The lowest BCUT2D eigenvalue weighted by Crippen LogP contribution is -2.32. The smallest absolute Gasteiger partial charge is 0.319 e. The molecule has 0 fully saturated rings. The second-order valence-corrected chi connectivity index (χ2v) is 5.04. The molecule has 1 unspecified atom stereocenters. The lowest BCUT2D eigenvalue weighted by Gasteiger charge is -2.13. The van der Waals surface area contributed by atoms with Gasteiger partial charge in [-0.2, -0.15) is 0 Å². The number of amides is 2. The van der Waals surface area contributed by atoms with E-state index >= 15 is 0 Å². The monoisotopic (exact) mass is 271 g/mol. The molecular formula is C16H21N3O. The molecule has 2 rings (SSSR count). The number of fused-ring (bicyclic) bond motifs is 1. The van der Waals surface area contributed by atoms with Gasteiger partial charge in [-0.15, -0.1) is 0 Å². The SMILES string of the molecule is CC(CCN)CNC(=O)Nc1cccc2ccccc12. The van der Waals surface area contributed by atoms with Gasteiger partial charge in [-0.1, -0.05) is 43.3 Å². The van der Waals surface area contributed by atoms with Gasteiger partial charge in [0.2, 0.25) is 0 Å². The Morgan fingerprint density at radius 2 is 1.95 bits per heavy atom. The standard InChI is InChI=1S/C16H21N3O/c1-12(9-10-17)11-18-16(20)19-15-8-4-6-13-5-2-3-7-14(13)15/h2-8,12H,9-11,17H2,1H3,(H2,18,19,20). The zero-order chi connectivity index (χ0) is 14.4. The van der Waals surface area contributed by atoms with Gasteiger partial charge in [0.25, 0.3) is 0 Å². The molecule has 0 bridgehead atoms. The molecule has 2 aromatic rings. The number of urea groups is 1. The Morgan fingerprint density at radius 3 is 2.75 bits per heavy atom. The van der Waals surface area contributed by atoms with Crippen LogP contribution in [0.4, 0.5) is 10.5 Å². The van der Waals surface area contributed by atoms with Crippen molar-refractivity contribution in [1.29, 1.82) is 0 Å². The minimum Gasteiger partial charge on any atom is -0.338 e. The summed E-state index contributed by atoms with van der Waals surface area (Å²) in [6.45, 7) is 3.35. The van der Waals surface area contributed by atoms with Crippen molar-refractivity contribution in [2.75, 3.05) is 18.4 Å². The van der Waals surface area contributed by atoms with Crippen LogP contribution < -0.4 is 16.4 Å². The number of carbonyl (C=O) groups excluding carboxylic acids is 1. The van der Waals surface area contributed by atoms with E-state index in [1.807, 2.05) is 42.5 Å². The molecule has 106 valence electrons. The van der Waals surface area contributed by atoms with Crippen LogP contribution in [-0.4, -0.2) is 19.1 Å².